The highest BCUT2D eigenvalue weighted by Crippen LogP contribution is 2.50. The van der Waals surface area contributed by atoms with Crippen molar-refractivity contribution in [1.29, 1.82) is 0 Å². The number of hydrogen-bond acceptors (Lipinski definition) is 3. The van der Waals surface area contributed by atoms with Crippen LogP contribution in [0.1, 0.15) is 112 Å². The van der Waals surface area contributed by atoms with Crippen molar-refractivity contribution in [3.8, 4) is 0 Å². The molecule has 1 aromatic carbocycles. The largest absolute Gasteiger partial charge is 0.481 e. The maximum atomic E-state index is 11.3. The molecule has 0 bridgehead atoms. The summed E-state index contributed by atoms with van der Waals surface area (Å²) in [4.78, 5) is 21.8. The summed E-state index contributed by atoms with van der Waals surface area (Å²) in [6.45, 7) is 5.14. The van der Waals surface area contributed by atoms with Crippen molar-refractivity contribution in [3.63, 3.8) is 0 Å². The molecule has 178 valence electrons. The molecule has 0 aliphatic heterocycles. The van der Waals surface area contributed by atoms with Crippen LogP contribution in [-0.4, -0.2) is 23.1 Å². The van der Waals surface area contributed by atoms with Gasteiger partial charge in [-0.1, -0.05) is 44.2 Å². The zero-order valence-corrected chi connectivity index (χ0v) is 20.2. The molecule has 2 aliphatic carbocycles. The first kappa shape index (κ1) is 24.8. The zero-order valence-electron chi connectivity index (χ0n) is 20.2. The van der Waals surface area contributed by atoms with Crippen LogP contribution in [0.2, 0.25) is 0 Å². The number of carbonyl (C=O) groups excluding carboxylic acids is 1. The Morgan fingerprint density at radius 2 is 1.53 bits per heavy atom. The predicted molar refractivity (Wildman–Crippen MR) is 128 cm³/mol. The third-order valence-electron chi connectivity index (χ3n) is 8.02. The fraction of sp³-hybridized carbons (Fsp3) is 0.714. The summed E-state index contributed by atoms with van der Waals surface area (Å²) in [5, 5.41) is 9.28. The molecule has 1 N–H and O–H groups in total. The molecule has 0 atom stereocenters. The van der Waals surface area contributed by atoms with E-state index in [1.807, 2.05) is 0 Å². The van der Waals surface area contributed by atoms with E-state index in [9.17, 15) is 14.7 Å². The van der Waals surface area contributed by atoms with E-state index < -0.39 is 5.97 Å². The Kier molecular flexibility index (Phi) is 8.79. The van der Waals surface area contributed by atoms with Crippen molar-refractivity contribution in [2.45, 2.75) is 122 Å². The van der Waals surface area contributed by atoms with Crippen molar-refractivity contribution < 1.29 is 19.4 Å². The normalized spacial score (nSPS) is 17.7. The Morgan fingerprint density at radius 1 is 0.906 bits per heavy atom. The summed E-state index contributed by atoms with van der Waals surface area (Å²) in [5.41, 5.74) is 5.44. The number of carboxylic acids is 1. The third-order valence-corrected chi connectivity index (χ3v) is 8.02. The van der Waals surface area contributed by atoms with E-state index in [1.54, 1.807) is 0 Å². The summed E-state index contributed by atoms with van der Waals surface area (Å²) in [6, 6.07) is 4.59. The van der Waals surface area contributed by atoms with Crippen LogP contribution in [0.4, 0.5) is 0 Å². The minimum atomic E-state index is -0.584. The van der Waals surface area contributed by atoms with Gasteiger partial charge in [-0.15, -0.1) is 0 Å². The van der Waals surface area contributed by atoms with Gasteiger partial charge in [-0.05, 0) is 107 Å². The van der Waals surface area contributed by atoms with Crippen LogP contribution >= 0.6 is 0 Å². The summed E-state index contributed by atoms with van der Waals surface area (Å²) < 4.78 is 5.24. The molecular weight excluding hydrogens is 400 g/mol. The molecule has 4 heteroatoms. The lowest BCUT2D eigenvalue weighted by Crippen LogP contribution is -2.14. The molecule has 2 aliphatic rings. The number of benzene rings is 1. The quantitative estimate of drug-likeness (QED) is 0.211. The highest BCUT2D eigenvalue weighted by molar-refractivity contribution is 5.77. The Bertz CT molecular complexity index is 774. The number of aliphatic carboxylic acids is 1. The Balaban J connectivity index is 1.32. The average Bonchev–Trinajstić information content (AvgIpc) is 3.68. The van der Waals surface area contributed by atoms with E-state index in [0.29, 0.717) is 6.47 Å². The Morgan fingerprint density at radius 3 is 2.12 bits per heavy atom. The average molecular weight is 443 g/mol. The monoisotopic (exact) mass is 442 g/mol. The lowest BCUT2D eigenvalue weighted by molar-refractivity contribution is -0.143. The van der Waals surface area contributed by atoms with E-state index in [0.717, 1.165) is 70.6 Å². The fourth-order valence-corrected chi connectivity index (χ4v) is 5.22. The molecule has 0 radical (unpaired) electrons. The molecule has 4 nitrogen and oxygen atoms in total. The van der Waals surface area contributed by atoms with Crippen LogP contribution in [-0.2, 0) is 27.2 Å². The summed E-state index contributed by atoms with van der Waals surface area (Å²) in [5.74, 6) is -0.584. The van der Waals surface area contributed by atoms with Gasteiger partial charge in [0.1, 0.15) is 5.60 Å². The van der Waals surface area contributed by atoms with Crippen LogP contribution < -0.4 is 0 Å². The van der Waals surface area contributed by atoms with Gasteiger partial charge in [0.2, 0.25) is 0 Å². The number of carboxylic acid groups (broad SMARTS) is 1. The van der Waals surface area contributed by atoms with Gasteiger partial charge >= 0.3 is 5.97 Å². The van der Waals surface area contributed by atoms with E-state index >= 15 is 0 Å². The van der Waals surface area contributed by atoms with Gasteiger partial charge in [-0.3, -0.25) is 9.59 Å². The molecular formula is C28H42O4. The van der Waals surface area contributed by atoms with Gasteiger partial charge in [0.15, 0.2) is 0 Å². The first-order chi connectivity index (χ1) is 15.4. The van der Waals surface area contributed by atoms with Crippen LogP contribution in [0, 0.1) is 19.3 Å². The Labute approximate surface area is 194 Å². The third kappa shape index (κ3) is 6.83. The minimum Gasteiger partial charge on any atom is -0.481 e. The highest BCUT2D eigenvalue weighted by atomic mass is 16.5. The topological polar surface area (TPSA) is 63.6 Å². The van der Waals surface area contributed by atoms with Gasteiger partial charge in [0, 0.05) is 0 Å². The summed E-state index contributed by atoms with van der Waals surface area (Å²) >= 11 is 0. The maximum Gasteiger partial charge on any atom is 0.309 e. The van der Waals surface area contributed by atoms with Crippen molar-refractivity contribution in [3.05, 3.63) is 34.4 Å². The van der Waals surface area contributed by atoms with Crippen molar-refractivity contribution in [2.75, 3.05) is 0 Å². The van der Waals surface area contributed by atoms with Gasteiger partial charge < -0.3 is 9.84 Å². The second kappa shape index (κ2) is 11.3. The fourth-order valence-electron chi connectivity index (χ4n) is 5.22. The number of aryl methyl sites for hydroxylation is 2. The highest BCUT2D eigenvalue weighted by Gasteiger charge is 2.49. The second-order valence-electron chi connectivity index (χ2n) is 10.5. The van der Waals surface area contributed by atoms with Crippen LogP contribution in [0.3, 0.4) is 0 Å². The van der Waals surface area contributed by atoms with Gasteiger partial charge in [-0.2, -0.15) is 0 Å². The number of unbranched alkanes of at least 4 members (excludes halogenated alkanes) is 6. The second-order valence-corrected chi connectivity index (χ2v) is 10.5. The molecule has 1 aromatic rings. The molecule has 2 saturated carbocycles. The SMILES string of the molecule is Cc1ccc(CCCCCCC2(C(=O)O)CC2)c(C)c1CCCCCCC1(OC=O)CC1. The number of hydrogen-bond donors (Lipinski definition) is 1. The molecule has 0 amide bonds. The summed E-state index contributed by atoms with van der Waals surface area (Å²) in [7, 11) is 0. The van der Waals surface area contributed by atoms with E-state index in [1.165, 1.54) is 54.4 Å². The van der Waals surface area contributed by atoms with Crippen LogP contribution in [0.5, 0.6) is 0 Å². The van der Waals surface area contributed by atoms with Crippen LogP contribution in [0.25, 0.3) is 0 Å². The maximum absolute atomic E-state index is 11.3. The van der Waals surface area contributed by atoms with Crippen molar-refractivity contribution in [1.82, 2.24) is 0 Å². The first-order valence-corrected chi connectivity index (χ1v) is 12.8. The lowest BCUT2D eigenvalue weighted by Gasteiger charge is -2.15. The molecule has 2 fully saturated rings. The number of rotatable bonds is 17. The number of carbonyl (C=O) groups is 2. The van der Waals surface area contributed by atoms with Gasteiger partial charge in [-0.25, -0.2) is 0 Å². The smallest absolute Gasteiger partial charge is 0.309 e. The van der Waals surface area contributed by atoms with Crippen LogP contribution in [0.15, 0.2) is 12.1 Å². The van der Waals surface area contributed by atoms with Crippen molar-refractivity contribution in [2.24, 2.45) is 5.41 Å². The first-order valence-electron chi connectivity index (χ1n) is 12.8. The lowest BCUT2D eigenvalue weighted by atomic mass is 9.91. The predicted octanol–water partition coefficient (Wildman–Crippen LogP) is 6.86. The standard InChI is InChI=1S/C28H42O4/c1-22-13-14-24(11-7-3-5-9-15-27(17-18-27)26(30)31)23(2)25(22)12-8-4-6-10-16-28(19-20-28)32-21-29/h13-14,21H,3-12,15-20H2,1-2H3,(H,30,31). The minimum absolute atomic E-state index is 0.0984. The molecule has 0 spiro atoms. The van der Waals surface area contributed by atoms with Gasteiger partial charge in [0.05, 0.1) is 5.41 Å². The molecule has 3 rings (SSSR count). The molecule has 0 unspecified atom stereocenters. The van der Waals surface area contributed by atoms with E-state index in [4.69, 9.17) is 4.74 Å². The van der Waals surface area contributed by atoms with E-state index in [-0.39, 0.29) is 11.0 Å². The molecule has 0 heterocycles. The van der Waals surface area contributed by atoms with Crippen molar-refractivity contribution >= 4 is 12.4 Å². The Hall–Kier alpha value is -1.84. The van der Waals surface area contributed by atoms with E-state index in [2.05, 4.69) is 26.0 Å². The molecule has 0 aromatic heterocycles. The zero-order chi connectivity index (χ0) is 23.0. The molecule has 32 heavy (non-hydrogen) atoms. The molecule has 0 saturated heterocycles. The number of ether oxygens (including phenoxy) is 1. The summed E-state index contributed by atoms with van der Waals surface area (Å²) in [6.07, 6.45) is 17.4. The van der Waals surface area contributed by atoms with Gasteiger partial charge in [0.25, 0.3) is 6.47 Å².